The Bertz CT molecular complexity index is 2300. The van der Waals surface area contributed by atoms with E-state index < -0.39 is 113 Å². The molecule has 0 saturated heterocycles. The molecule has 1 aliphatic rings. The Morgan fingerprint density at radius 1 is 1.02 bits per heavy atom. The number of benzene rings is 3. The topological polar surface area (TPSA) is 58.4 Å². The van der Waals surface area contributed by atoms with E-state index in [0.29, 0.717) is 30.0 Å². The molecular weight excluding hydrogens is 640 g/mol. The summed E-state index contributed by atoms with van der Waals surface area (Å²) < 4.78 is 153. The number of carbonyl (C=O) groups is 1. The first-order valence-corrected chi connectivity index (χ1v) is 16.3. The van der Waals surface area contributed by atoms with Gasteiger partial charge in [-0.15, -0.1) is 0 Å². The molecule has 0 unspecified atom stereocenters. The van der Waals surface area contributed by atoms with E-state index in [2.05, 4.69) is 4.98 Å². The normalized spacial score (nSPS) is 16.7. The highest BCUT2D eigenvalue weighted by Crippen LogP contribution is 2.32. The van der Waals surface area contributed by atoms with Crippen LogP contribution in [0.15, 0.2) is 76.5 Å². The smallest absolute Gasteiger partial charge is 0.336 e. The van der Waals surface area contributed by atoms with Crippen LogP contribution in [0.5, 0.6) is 0 Å². The van der Waals surface area contributed by atoms with Gasteiger partial charge in [0, 0.05) is 36.6 Å². The molecule has 0 N–H and O–H groups in total. The largest absolute Gasteiger partial charge is 0.416 e. The van der Waals surface area contributed by atoms with Crippen LogP contribution in [0, 0.1) is 12.7 Å². The lowest BCUT2D eigenvalue weighted by Crippen LogP contribution is -2.40. The SMILES string of the molecule is [2H]c1c([2H])c(C(F)(F)F)c([2H])c([2H])c1-c1c([2H])c([2H])c(C([2H])([2H])N(CCN(CC)CC)C(=O)C([2H])([2H])n2c(SCc3ccc(F)cc3)nc(=O)c3c2CCC3)c(C)c1[2H]. The Labute approximate surface area is 298 Å². The van der Waals surface area contributed by atoms with Crippen LogP contribution in [0.25, 0.3) is 11.1 Å². The van der Waals surface area contributed by atoms with Crippen LogP contribution >= 0.6 is 11.8 Å². The Kier molecular flexibility index (Phi) is 7.56. The van der Waals surface area contributed by atoms with Crippen LogP contribution in [0.1, 0.15) is 68.9 Å². The van der Waals surface area contributed by atoms with Crippen LogP contribution in [-0.4, -0.2) is 51.4 Å². The molecule has 0 aliphatic heterocycles. The van der Waals surface area contributed by atoms with E-state index in [1.165, 1.54) is 24.3 Å². The van der Waals surface area contributed by atoms with E-state index in [1.807, 2.05) is 4.90 Å². The zero-order chi connectivity index (χ0) is 44.1. The van der Waals surface area contributed by atoms with Gasteiger partial charge in [0.25, 0.3) is 5.56 Å². The number of likely N-dealkylation sites (N-methyl/N-ethyl adjacent to an activating group) is 1. The van der Waals surface area contributed by atoms with Gasteiger partial charge in [-0.3, -0.25) is 9.59 Å². The predicted octanol–water partition coefficient (Wildman–Crippen LogP) is 7.53. The van der Waals surface area contributed by atoms with Gasteiger partial charge in [0.15, 0.2) is 5.16 Å². The Balaban J connectivity index is 1.70. The van der Waals surface area contributed by atoms with E-state index in [0.717, 1.165) is 23.3 Å². The highest BCUT2D eigenvalue weighted by molar-refractivity contribution is 7.98. The number of aromatic nitrogens is 2. The molecule has 0 fully saturated rings. The van der Waals surface area contributed by atoms with Crippen molar-refractivity contribution < 1.29 is 37.4 Å². The summed E-state index contributed by atoms with van der Waals surface area (Å²) in [6.07, 6.45) is -4.43. The summed E-state index contributed by atoms with van der Waals surface area (Å²) in [4.78, 5) is 34.5. The van der Waals surface area contributed by atoms with E-state index in [-0.39, 0.29) is 41.6 Å². The number of hydrogen-bond donors (Lipinski definition) is 0. The van der Waals surface area contributed by atoms with Gasteiger partial charge in [-0.2, -0.15) is 18.2 Å². The minimum atomic E-state index is -5.29. The molecule has 0 bridgehead atoms. The summed E-state index contributed by atoms with van der Waals surface area (Å²) in [5.74, 6) is -1.88. The molecule has 254 valence electrons. The molecular formula is C37H40F4N4O2S. The maximum atomic E-state index is 14.9. The second-order valence-electron chi connectivity index (χ2n) is 10.9. The Morgan fingerprint density at radius 2 is 1.71 bits per heavy atom. The molecule has 4 aromatic rings. The van der Waals surface area contributed by atoms with E-state index in [9.17, 15) is 32.6 Å². The van der Waals surface area contributed by atoms with Crippen LogP contribution in [0.4, 0.5) is 17.6 Å². The zero-order valence-electron chi connectivity index (χ0n) is 37.5. The second-order valence-corrected chi connectivity index (χ2v) is 11.9. The van der Waals surface area contributed by atoms with Gasteiger partial charge in [-0.05, 0) is 91.3 Å². The molecule has 6 nitrogen and oxygen atoms in total. The first kappa shape index (κ1) is 23.4. The minimum Gasteiger partial charge on any atom is -0.336 e. The van der Waals surface area contributed by atoms with E-state index in [4.69, 9.17) is 9.60 Å². The third-order valence-electron chi connectivity index (χ3n) is 7.78. The van der Waals surface area contributed by atoms with Gasteiger partial charge >= 0.3 is 6.18 Å². The summed E-state index contributed by atoms with van der Waals surface area (Å²) in [6, 6.07) is -2.93. The maximum Gasteiger partial charge on any atom is 0.416 e. The number of thioether (sulfide) groups is 1. The average Bonchev–Trinajstić information content (AvgIpc) is 3.65. The average molecular weight is 692 g/mol. The standard InChI is InChI=1S/C37H40F4N4O2S/c1-4-43(5-2)19-20-44(22-29-12-11-28(21-25(29)3)27-13-15-30(16-14-27)37(39,40)41)34(46)23-45-33-8-6-7-32(33)35(47)42-36(45)48-24-26-9-17-31(38)18-10-26/h9-18,21H,4-8,19-20,22-24H2,1-3H3/i11D,12D,13D,14D,15D,16D,21D,22D2,23D2. The number of nitrogens with zero attached hydrogens (tertiary/aromatic N) is 4. The zero-order valence-corrected chi connectivity index (χ0v) is 27.3. The van der Waals surface area contributed by atoms with Crippen molar-refractivity contribution in [1.29, 1.82) is 0 Å². The molecule has 0 radical (unpaired) electrons. The van der Waals surface area contributed by atoms with Crippen LogP contribution in [0.3, 0.4) is 0 Å². The number of carbonyl (C=O) groups excluding carboxylic acids is 1. The number of rotatable bonds is 13. The van der Waals surface area contributed by atoms with Crippen molar-refractivity contribution in [3.8, 4) is 11.1 Å². The highest BCUT2D eigenvalue weighted by Gasteiger charge is 2.30. The van der Waals surface area contributed by atoms with Gasteiger partial charge in [-0.25, -0.2) is 4.39 Å². The fourth-order valence-corrected chi connectivity index (χ4v) is 5.98. The van der Waals surface area contributed by atoms with Gasteiger partial charge in [0.05, 0.1) is 20.6 Å². The fourth-order valence-electron chi connectivity index (χ4n) is 5.06. The predicted molar refractivity (Wildman–Crippen MR) is 181 cm³/mol. The highest BCUT2D eigenvalue weighted by atomic mass is 32.2. The lowest BCUT2D eigenvalue weighted by atomic mass is 9.98. The van der Waals surface area contributed by atoms with E-state index in [1.54, 1.807) is 13.8 Å². The van der Waals surface area contributed by atoms with Crippen molar-refractivity contribution in [2.75, 3.05) is 26.2 Å². The van der Waals surface area contributed by atoms with Crippen molar-refractivity contribution in [2.45, 2.75) is 70.1 Å². The first-order valence-electron chi connectivity index (χ1n) is 20.8. The summed E-state index contributed by atoms with van der Waals surface area (Å²) in [7, 11) is 0. The van der Waals surface area contributed by atoms with Gasteiger partial charge in [0.2, 0.25) is 5.91 Å². The molecule has 1 amide bonds. The van der Waals surface area contributed by atoms with Crippen molar-refractivity contribution in [2.24, 2.45) is 0 Å². The fraction of sp³-hybridized carbons (Fsp3) is 0.378. The molecule has 0 spiro atoms. The van der Waals surface area contributed by atoms with Crippen LogP contribution in [-0.2, 0) is 42.6 Å². The van der Waals surface area contributed by atoms with Gasteiger partial charge < -0.3 is 14.4 Å². The molecule has 3 aromatic carbocycles. The quantitative estimate of drug-likeness (QED) is 0.0825. The molecule has 0 saturated carbocycles. The molecule has 1 aliphatic carbocycles. The molecule has 48 heavy (non-hydrogen) atoms. The van der Waals surface area contributed by atoms with Crippen LogP contribution in [0.2, 0.25) is 0 Å². The second kappa shape index (κ2) is 15.5. The summed E-state index contributed by atoms with van der Waals surface area (Å²) in [6.45, 7) is -1.24. The number of fused-ring (bicyclic) bond motifs is 1. The first-order chi connectivity index (χ1) is 27.4. The molecule has 0 atom stereocenters. The molecule has 1 aromatic heterocycles. The maximum absolute atomic E-state index is 14.9. The van der Waals surface area contributed by atoms with Gasteiger partial charge in [0.1, 0.15) is 12.3 Å². The number of halogens is 4. The minimum absolute atomic E-state index is 0.0124. The van der Waals surface area contributed by atoms with Crippen molar-refractivity contribution in [3.63, 3.8) is 0 Å². The third kappa shape index (κ3) is 8.54. The van der Waals surface area contributed by atoms with Gasteiger partial charge in [-0.1, -0.05) is 68.0 Å². The molecule has 11 heteroatoms. The third-order valence-corrected chi connectivity index (χ3v) is 8.79. The Morgan fingerprint density at radius 3 is 2.38 bits per heavy atom. The van der Waals surface area contributed by atoms with E-state index >= 15 is 0 Å². The number of hydrogen-bond acceptors (Lipinski definition) is 5. The van der Waals surface area contributed by atoms with Crippen molar-refractivity contribution in [1.82, 2.24) is 19.4 Å². The van der Waals surface area contributed by atoms with Crippen molar-refractivity contribution >= 4 is 17.7 Å². The monoisotopic (exact) mass is 691 g/mol. The summed E-state index contributed by atoms with van der Waals surface area (Å²) in [5.41, 5.74) is -4.40. The summed E-state index contributed by atoms with van der Waals surface area (Å²) in [5, 5.41) is -0.206. The molecule has 1 heterocycles. The van der Waals surface area contributed by atoms with Crippen molar-refractivity contribution in [3.05, 3.63) is 116 Å². The summed E-state index contributed by atoms with van der Waals surface area (Å²) >= 11 is 0.904. The number of amides is 1. The molecule has 5 rings (SSSR count). The Hall–Kier alpha value is -3.96. The number of alkyl halides is 3. The lowest BCUT2D eigenvalue weighted by molar-refractivity contribution is -0.137. The van der Waals surface area contributed by atoms with Crippen LogP contribution < -0.4 is 5.56 Å². The lowest BCUT2D eigenvalue weighted by Gasteiger charge is -2.28.